The summed E-state index contributed by atoms with van der Waals surface area (Å²) in [7, 11) is 1.61. The first-order valence-corrected chi connectivity index (χ1v) is 9.05. The molecule has 1 heterocycles. The number of imide groups is 1. The Bertz CT molecular complexity index is 840. The van der Waals surface area contributed by atoms with Gasteiger partial charge in [-0.15, -0.1) is 0 Å². The molecule has 0 saturated carbocycles. The van der Waals surface area contributed by atoms with Crippen molar-refractivity contribution in [3.8, 4) is 6.07 Å². The highest BCUT2D eigenvalue weighted by molar-refractivity contribution is 6.00. The van der Waals surface area contributed by atoms with E-state index in [-0.39, 0.29) is 5.57 Å². The molecule has 0 aliphatic rings. The SMILES string of the molecule is COCCn1c(C)cc(/C=C(\C#N)C(=O)OCC(=O)NC(=O)NC(C)(C)C)c1C. The fourth-order valence-electron chi connectivity index (χ4n) is 2.54. The summed E-state index contributed by atoms with van der Waals surface area (Å²) in [5, 5.41) is 13.9. The van der Waals surface area contributed by atoms with Gasteiger partial charge in [-0.3, -0.25) is 10.1 Å². The van der Waals surface area contributed by atoms with Crippen molar-refractivity contribution in [1.82, 2.24) is 15.2 Å². The van der Waals surface area contributed by atoms with E-state index in [9.17, 15) is 19.6 Å². The van der Waals surface area contributed by atoms with Crippen LogP contribution in [0.25, 0.3) is 6.08 Å². The van der Waals surface area contributed by atoms with Gasteiger partial charge in [0.05, 0.1) is 6.61 Å². The topological polar surface area (TPSA) is 122 Å². The highest BCUT2D eigenvalue weighted by atomic mass is 16.5. The molecule has 0 fully saturated rings. The van der Waals surface area contributed by atoms with Crippen LogP contribution in [0.4, 0.5) is 4.79 Å². The van der Waals surface area contributed by atoms with E-state index in [4.69, 9.17) is 9.47 Å². The summed E-state index contributed by atoms with van der Waals surface area (Å²) in [5.74, 6) is -1.74. The summed E-state index contributed by atoms with van der Waals surface area (Å²) >= 11 is 0. The van der Waals surface area contributed by atoms with Gasteiger partial charge in [-0.05, 0) is 52.3 Å². The van der Waals surface area contributed by atoms with E-state index in [1.807, 2.05) is 24.5 Å². The molecule has 2 N–H and O–H groups in total. The molecule has 0 aliphatic heterocycles. The molecule has 0 aliphatic carbocycles. The van der Waals surface area contributed by atoms with E-state index in [1.165, 1.54) is 6.08 Å². The lowest BCUT2D eigenvalue weighted by atomic mass is 10.1. The minimum absolute atomic E-state index is 0.246. The molecule has 0 atom stereocenters. The summed E-state index contributed by atoms with van der Waals surface area (Å²) in [6, 6.07) is 2.94. The maximum atomic E-state index is 12.2. The van der Waals surface area contributed by atoms with Crippen LogP contribution in [0.15, 0.2) is 11.6 Å². The van der Waals surface area contributed by atoms with E-state index in [0.717, 1.165) is 11.4 Å². The number of aromatic nitrogens is 1. The molecule has 1 aromatic heterocycles. The van der Waals surface area contributed by atoms with Gasteiger partial charge in [-0.25, -0.2) is 9.59 Å². The maximum Gasteiger partial charge on any atom is 0.349 e. The summed E-state index contributed by atoms with van der Waals surface area (Å²) in [5.41, 5.74) is 1.76. The number of esters is 1. The Morgan fingerprint density at radius 3 is 2.48 bits per heavy atom. The number of amides is 3. The van der Waals surface area contributed by atoms with Crippen LogP contribution < -0.4 is 10.6 Å². The largest absolute Gasteiger partial charge is 0.451 e. The van der Waals surface area contributed by atoms with Crippen LogP contribution in [0.5, 0.6) is 0 Å². The molecule has 9 heteroatoms. The molecular weight excluding hydrogens is 376 g/mol. The van der Waals surface area contributed by atoms with Crippen molar-refractivity contribution >= 4 is 24.0 Å². The first-order valence-electron chi connectivity index (χ1n) is 9.05. The van der Waals surface area contributed by atoms with Crippen molar-refractivity contribution in [2.24, 2.45) is 0 Å². The smallest absolute Gasteiger partial charge is 0.349 e. The molecule has 29 heavy (non-hydrogen) atoms. The monoisotopic (exact) mass is 404 g/mol. The van der Waals surface area contributed by atoms with Crippen molar-refractivity contribution in [3.63, 3.8) is 0 Å². The van der Waals surface area contributed by atoms with Crippen LogP contribution >= 0.6 is 0 Å². The number of urea groups is 1. The standard InChI is InChI=1S/C20H28N4O5/c1-13-9-15(14(2)24(13)7-8-28-6)10-16(11-21)18(26)29-12-17(25)22-19(27)23-20(3,4)5/h9-10H,7-8,12H2,1-6H3,(H2,22,23,25,27)/b16-10+. The number of carbonyl (C=O) groups is 3. The average molecular weight is 404 g/mol. The second-order valence-corrected chi connectivity index (χ2v) is 7.47. The Hall–Kier alpha value is -3.12. The third kappa shape index (κ3) is 7.79. The Morgan fingerprint density at radius 1 is 1.28 bits per heavy atom. The van der Waals surface area contributed by atoms with Crippen LogP contribution in [0.2, 0.25) is 0 Å². The van der Waals surface area contributed by atoms with Crippen molar-refractivity contribution < 1.29 is 23.9 Å². The number of hydrogen-bond acceptors (Lipinski definition) is 6. The Kier molecular flexibility index (Phi) is 8.60. The van der Waals surface area contributed by atoms with Crippen LogP contribution in [-0.2, 0) is 25.6 Å². The number of nitrogens with zero attached hydrogens (tertiary/aromatic N) is 2. The molecule has 3 amide bonds. The molecule has 0 bridgehead atoms. The van der Waals surface area contributed by atoms with E-state index in [1.54, 1.807) is 34.0 Å². The third-order valence-corrected chi connectivity index (χ3v) is 3.85. The van der Waals surface area contributed by atoms with Gasteiger partial charge >= 0.3 is 12.0 Å². The van der Waals surface area contributed by atoms with Gasteiger partial charge in [-0.1, -0.05) is 0 Å². The number of nitrogens with one attached hydrogen (secondary N) is 2. The van der Waals surface area contributed by atoms with Crippen LogP contribution in [-0.4, -0.2) is 48.3 Å². The predicted molar refractivity (Wildman–Crippen MR) is 107 cm³/mol. The zero-order valence-electron chi connectivity index (χ0n) is 17.7. The summed E-state index contributed by atoms with van der Waals surface area (Å²) < 4.78 is 11.9. The van der Waals surface area contributed by atoms with E-state index >= 15 is 0 Å². The van der Waals surface area contributed by atoms with Gasteiger partial charge in [0.25, 0.3) is 5.91 Å². The first-order chi connectivity index (χ1) is 13.5. The highest BCUT2D eigenvalue weighted by Gasteiger charge is 2.18. The number of rotatable bonds is 7. The van der Waals surface area contributed by atoms with Gasteiger partial charge in [0, 0.05) is 30.6 Å². The zero-order chi connectivity index (χ0) is 22.2. The maximum absolute atomic E-state index is 12.2. The van der Waals surface area contributed by atoms with Crippen LogP contribution in [0.3, 0.4) is 0 Å². The third-order valence-electron chi connectivity index (χ3n) is 3.85. The molecule has 1 rings (SSSR count). The molecular formula is C20H28N4O5. The van der Waals surface area contributed by atoms with Crippen molar-refractivity contribution in [1.29, 1.82) is 5.26 Å². The quantitative estimate of drug-likeness (QED) is 0.406. The molecule has 1 aromatic rings. The van der Waals surface area contributed by atoms with Gasteiger partial charge < -0.3 is 19.4 Å². The normalized spacial score (nSPS) is 11.6. The van der Waals surface area contributed by atoms with Crippen molar-refractivity contribution in [3.05, 3.63) is 28.6 Å². The summed E-state index contributed by atoms with van der Waals surface area (Å²) in [4.78, 5) is 35.5. The molecule has 0 unspecified atom stereocenters. The van der Waals surface area contributed by atoms with Crippen LogP contribution in [0, 0.1) is 25.2 Å². The molecule has 0 spiro atoms. The fourth-order valence-corrected chi connectivity index (χ4v) is 2.54. The lowest BCUT2D eigenvalue weighted by Gasteiger charge is -2.20. The number of ether oxygens (including phenoxy) is 2. The Labute approximate surface area is 170 Å². The molecule has 9 nitrogen and oxygen atoms in total. The number of nitriles is 1. The van der Waals surface area contributed by atoms with Crippen LogP contribution in [0.1, 0.15) is 37.7 Å². The fraction of sp³-hybridized carbons (Fsp3) is 0.500. The molecule has 158 valence electrons. The number of aryl methyl sites for hydroxylation is 1. The predicted octanol–water partition coefficient (Wildman–Crippen LogP) is 1.83. The van der Waals surface area contributed by atoms with Crippen molar-refractivity contribution in [2.45, 2.75) is 46.7 Å². The molecule has 0 saturated heterocycles. The summed E-state index contributed by atoms with van der Waals surface area (Å²) in [6.45, 7) is 9.55. The van der Waals surface area contributed by atoms with E-state index in [0.29, 0.717) is 18.7 Å². The summed E-state index contributed by atoms with van der Waals surface area (Å²) in [6.07, 6.45) is 1.41. The number of carbonyl (C=O) groups excluding carboxylic acids is 3. The number of methoxy groups -OCH3 is 1. The second kappa shape index (κ2) is 10.4. The van der Waals surface area contributed by atoms with Gasteiger partial charge in [0.1, 0.15) is 11.6 Å². The van der Waals surface area contributed by atoms with E-state index in [2.05, 4.69) is 10.6 Å². The lowest BCUT2D eigenvalue weighted by Crippen LogP contribution is -2.49. The second-order valence-electron chi connectivity index (χ2n) is 7.47. The van der Waals surface area contributed by atoms with Crippen molar-refractivity contribution in [2.75, 3.05) is 20.3 Å². The van der Waals surface area contributed by atoms with Gasteiger partial charge in [0.2, 0.25) is 0 Å². The molecule has 0 aromatic carbocycles. The first kappa shape index (κ1) is 23.9. The minimum atomic E-state index is -0.944. The Balaban J connectivity index is 2.77. The van der Waals surface area contributed by atoms with Gasteiger partial charge in [0.15, 0.2) is 6.61 Å². The van der Waals surface area contributed by atoms with E-state index < -0.39 is 30.1 Å². The van der Waals surface area contributed by atoms with Gasteiger partial charge in [-0.2, -0.15) is 5.26 Å². The number of hydrogen-bond donors (Lipinski definition) is 2. The minimum Gasteiger partial charge on any atom is -0.451 e. The highest BCUT2D eigenvalue weighted by Crippen LogP contribution is 2.18. The molecule has 0 radical (unpaired) electrons. The zero-order valence-corrected chi connectivity index (χ0v) is 17.7. The Morgan fingerprint density at radius 2 is 1.93 bits per heavy atom. The average Bonchev–Trinajstić information content (AvgIpc) is 2.87. The lowest BCUT2D eigenvalue weighted by molar-refractivity contribution is -0.144.